The molecule has 0 spiro atoms. The Hall–Kier alpha value is -5.05. The van der Waals surface area contributed by atoms with Crippen LogP contribution in [0.4, 0.5) is 4.79 Å². The van der Waals surface area contributed by atoms with Crippen molar-refractivity contribution >= 4 is 29.8 Å². The lowest BCUT2D eigenvalue weighted by molar-refractivity contribution is -0.143. The molecule has 0 heterocycles. The van der Waals surface area contributed by atoms with Gasteiger partial charge < -0.3 is 34.9 Å². The number of nitrogens with one attached hydrogen (secondary N) is 3. The normalized spacial score (nSPS) is 11.9. The number of benzene rings is 2. The zero-order valence-electron chi connectivity index (χ0n) is 28.6. The molecule has 0 unspecified atom stereocenters. The van der Waals surface area contributed by atoms with Crippen molar-refractivity contribution in [3.8, 4) is 17.6 Å². The Balaban J connectivity index is 2.42. The fraction of sp³-hybridized carbons (Fsp3) is 0.472. The number of hydrogen-bond donors (Lipinski definition) is 3. The maximum atomic E-state index is 13.8. The summed E-state index contributed by atoms with van der Waals surface area (Å²) in [4.78, 5) is 63.6. The van der Waals surface area contributed by atoms with Gasteiger partial charge in [0.25, 0.3) is 0 Å². The largest absolute Gasteiger partial charge is 0.481 e. The summed E-state index contributed by atoms with van der Waals surface area (Å²) in [5.41, 5.74) is 0.828. The molecule has 260 valence electrons. The minimum absolute atomic E-state index is 0.0290. The zero-order chi connectivity index (χ0) is 35.5. The number of ether oxygens (including phenoxy) is 4. The average Bonchev–Trinajstić information content (AvgIpc) is 3.04. The first-order chi connectivity index (χ1) is 22.8. The Kier molecular flexibility index (Phi) is 16.5. The smallest absolute Gasteiger partial charge is 0.408 e. The first-order valence-electron chi connectivity index (χ1n) is 16.0. The van der Waals surface area contributed by atoms with Crippen LogP contribution in [-0.2, 0) is 46.2 Å². The SMILES string of the molecule is CCCCCNC(=O)[C@H](Cc1ccc(OCC(=O)OC)c(C#CC(=O)OCC)c1)NC(=O)[C@H](Cc1ccccc1)NC(=O)OC(C)(C)C. The highest BCUT2D eigenvalue weighted by atomic mass is 16.6. The third-order valence-electron chi connectivity index (χ3n) is 6.63. The van der Waals surface area contributed by atoms with Crippen LogP contribution in [-0.4, -0.2) is 74.4 Å². The van der Waals surface area contributed by atoms with Crippen molar-refractivity contribution in [2.75, 3.05) is 26.9 Å². The van der Waals surface area contributed by atoms with E-state index in [0.29, 0.717) is 12.1 Å². The molecule has 2 aromatic carbocycles. The Morgan fingerprint density at radius 3 is 2.19 bits per heavy atom. The van der Waals surface area contributed by atoms with Gasteiger partial charge in [-0.15, -0.1) is 0 Å². The quantitative estimate of drug-likeness (QED) is 0.105. The Bertz CT molecular complexity index is 1440. The topological polar surface area (TPSA) is 158 Å². The van der Waals surface area contributed by atoms with Gasteiger partial charge >= 0.3 is 18.0 Å². The van der Waals surface area contributed by atoms with Gasteiger partial charge in [-0.2, -0.15) is 0 Å². The van der Waals surface area contributed by atoms with E-state index in [1.54, 1.807) is 45.9 Å². The van der Waals surface area contributed by atoms with Crippen LogP contribution >= 0.6 is 0 Å². The molecule has 0 fully saturated rings. The predicted octanol–water partition coefficient (Wildman–Crippen LogP) is 3.62. The van der Waals surface area contributed by atoms with Gasteiger partial charge in [0.1, 0.15) is 23.4 Å². The summed E-state index contributed by atoms with van der Waals surface area (Å²) in [6.07, 6.45) is 2.06. The van der Waals surface area contributed by atoms with E-state index in [1.807, 2.05) is 30.3 Å². The van der Waals surface area contributed by atoms with E-state index in [0.717, 1.165) is 24.8 Å². The Morgan fingerprint density at radius 2 is 1.54 bits per heavy atom. The fourth-order valence-electron chi connectivity index (χ4n) is 4.34. The number of carbonyl (C=O) groups excluding carboxylic acids is 5. The third kappa shape index (κ3) is 15.0. The highest BCUT2D eigenvalue weighted by Gasteiger charge is 2.29. The Labute approximate surface area is 282 Å². The molecule has 0 aliphatic heterocycles. The lowest BCUT2D eigenvalue weighted by atomic mass is 10.0. The molecular weight excluding hydrogens is 618 g/mol. The fourth-order valence-corrected chi connectivity index (χ4v) is 4.34. The van der Waals surface area contributed by atoms with E-state index in [1.165, 1.54) is 7.11 Å². The van der Waals surface area contributed by atoms with E-state index < -0.39 is 54.1 Å². The molecule has 12 nitrogen and oxygen atoms in total. The number of rotatable bonds is 16. The zero-order valence-corrected chi connectivity index (χ0v) is 28.6. The number of methoxy groups -OCH3 is 1. The van der Waals surface area contributed by atoms with Gasteiger partial charge in [-0.25, -0.2) is 14.4 Å². The summed E-state index contributed by atoms with van der Waals surface area (Å²) >= 11 is 0. The van der Waals surface area contributed by atoms with Crippen molar-refractivity contribution in [1.29, 1.82) is 0 Å². The number of esters is 2. The molecule has 0 aliphatic rings. The van der Waals surface area contributed by atoms with Crippen molar-refractivity contribution in [2.24, 2.45) is 0 Å². The summed E-state index contributed by atoms with van der Waals surface area (Å²) in [5.74, 6) is 2.93. The van der Waals surface area contributed by atoms with Crippen LogP contribution < -0.4 is 20.7 Å². The molecule has 0 saturated heterocycles. The minimum Gasteiger partial charge on any atom is -0.481 e. The first kappa shape index (κ1) is 39.1. The van der Waals surface area contributed by atoms with Crippen LogP contribution in [0.3, 0.4) is 0 Å². The number of hydrogen-bond acceptors (Lipinski definition) is 9. The van der Waals surface area contributed by atoms with E-state index >= 15 is 0 Å². The van der Waals surface area contributed by atoms with Gasteiger partial charge in [-0.3, -0.25) is 9.59 Å². The maximum absolute atomic E-state index is 13.8. The van der Waals surface area contributed by atoms with Gasteiger partial charge in [0.2, 0.25) is 11.8 Å². The molecule has 0 aromatic heterocycles. The van der Waals surface area contributed by atoms with Crippen molar-refractivity contribution in [1.82, 2.24) is 16.0 Å². The first-order valence-corrected chi connectivity index (χ1v) is 16.0. The van der Waals surface area contributed by atoms with Crippen molar-refractivity contribution in [3.05, 3.63) is 65.2 Å². The molecule has 2 aromatic rings. The number of amides is 3. The second kappa shape index (κ2) is 20.2. The molecular formula is C36H47N3O9. The summed E-state index contributed by atoms with van der Waals surface area (Å²) in [6, 6.07) is 11.9. The highest BCUT2D eigenvalue weighted by Crippen LogP contribution is 2.21. The standard InChI is InChI=1S/C36H47N3O9/c1-7-9-13-20-37-33(42)28(38-34(43)29(22-25-14-11-10-12-15-25)39-35(44)48-36(3,4)5)23-26-16-18-30(47-24-32(41)45-6)27(21-26)17-19-31(40)46-8-2/h10-12,14-16,18,21,28-29H,7-9,13,20,22-24H2,1-6H3,(H,37,42)(H,38,43)(H,39,44)/t28-,29-/m0/s1. The molecule has 2 atom stereocenters. The van der Waals surface area contributed by atoms with Crippen LogP contribution in [0.1, 0.15) is 70.6 Å². The molecule has 48 heavy (non-hydrogen) atoms. The van der Waals surface area contributed by atoms with E-state index in [4.69, 9.17) is 14.2 Å². The van der Waals surface area contributed by atoms with E-state index in [9.17, 15) is 24.0 Å². The molecule has 3 amide bonds. The van der Waals surface area contributed by atoms with Gasteiger partial charge in [-0.1, -0.05) is 62.1 Å². The minimum atomic E-state index is -1.06. The maximum Gasteiger partial charge on any atom is 0.408 e. The monoisotopic (exact) mass is 665 g/mol. The van der Waals surface area contributed by atoms with Crippen LogP contribution in [0, 0.1) is 11.8 Å². The lowest BCUT2D eigenvalue weighted by Crippen LogP contribution is -2.55. The van der Waals surface area contributed by atoms with Crippen LogP contribution in [0.25, 0.3) is 0 Å². The van der Waals surface area contributed by atoms with Gasteiger partial charge in [0.05, 0.1) is 19.3 Å². The van der Waals surface area contributed by atoms with Crippen molar-refractivity contribution in [3.63, 3.8) is 0 Å². The lowest BCUT2D eigenvalue weighted by Gasteiger charge is -2.25. The van der Waals surface area contributed by atoms with Gasteiger partial charge in [0, 0.05) is 25.3 Å². The molecule has 0 radical (unpaired) electrons. The summed E-state index contributed by atoms with van der Waals surface area (Å²) < 4.78 is 20.5. The summed E-state index contributed by atoms with van der Waals surface area (Å²) in [5, 5.41) is 8.36. The number of unbranched alkanes of at least 4 members (excludes halogenated alkanes) is 2. The van der Waals surface area contributed by atoms with Crippen LogP contribution in [0.15, 0.2) is 48.5 Å². The van der Waals surface area contributed by atoms with Gasteiger partial charge in [0.15, 0.2) is 6.61 Å². The van der Waals surface area contributed by atoms with Crippen molar-refractivity contribution in [2.45, 2.75) is 84.4 Å². The number of alkyl carbamates (subject to hydrolysis) is 1. The third-order valence-corrected chi connectivity index (χ3v) is 6.63. The van der Waals surface area contributed by atoms with E-state index in [2.05, 4.69) is 39.5 Å². The Morgan fingerprint density at radius 1 is 0.854 bits per heavy atom. The van der Waals surface area contributed by atoms with Crippen molar-refractivity contribution < 1.29 is 42.9 Å². The van der Waals surface area contributed by atoms with Crippen LogP contribution in [0.2, 0.25) is 0 Å². The molecule has 3 N–H and O–H groups in total. The molecule has 0 bridgehead atoms. The summed E-state index contributed by atoms with van der Waals surface area (Å²) in [7, 11) is 1.23. The van der Waals surface area contributed by atoms with Crippen LogP contribution in [0.5, 0.6) is 5.75 Å². The molecule has 2 rings (SSSR count). The highest BCUT2D eigenvalue weighted by molar-refractivity contribution is 5.92. The second-order valence-electron chi connectivity index (χ2n) is 11.8. The average molecular weight is 666 g/mol. The predicted molar refractivity (Wildman–Crippen MR) is 179 cm³/mol. The molecule has 12 heteroatoms. The molecule has 0 saturated carbocycles. The van der Waals surface area contributed by atoms with Gasteiger partial charge in [-0.05, 0) is 57.4 Å². The summed E-state index contributed by atoms with van der Waals surface area (Å²) in [6.45, 7) is 9.02. The second-order valence-corrected chi connectivity index (χ2v) is 11.8. The van der Waals surface area contributed by atoms with E-state index in [-0.39, 0.29) is 30.8 Å². The number of carbonyl (C=O) groups is 5. The molecule has 0 aliphatic carbocycles.